The van der Waals surface area contributed by atoms with Crippen molar-refractivity contribution in [1.29, 1.82) is 0 Å². The number of benzene rings is 1. The van der Waals surface area contributed by atoms with Gasteiger partial charge in [0.2, 0.25) is 0 Å². The average Bonchev–Trinajstić information content (AvgIpc) is 2.06. The molecule has 0 amide bonds. The molecule has 0 aliphatic rings. The second-order valence-electron chi connectivity index (χ2n) is 2.84. The fourth-order valence-electron chi connectivity index (χ4n) is 1.05. The Hall–Kier alpha value is -0.560. The molecule has 0 nitrogen and oxygen atoms in total. The van der Waals surface area contributed by atoms with Gasteiger partial charge in [-0.1, -0.05) is 57.9 Å². The third kappa shape index (κ3) is 3.22. The van der Waals surface area contributed by atoms with Crippen molar-refractivity contribution in [3.63, 3.8) is 0 Å². The molecule has 0 spiro atoms. The first-order valence-electron chi connectivity index (χ1n) is 4.11. The molecule has 0 aliphatic heterocycles. The normalized spacial score (nSPS) is 11.7. The van der Waals surface area contributed by atoms with Gasteiger partial charge in [-0.25, -0.2) is 0 Å². The predicted molar refractivity (Wildman–Crippen MR) is 58.5 cm³/mol. The molecule has 1 heteroatoms. The quantitative estimate of drug-likeness (QED) is 0.685. The topological polar surface area (TPSA) is 0 Å². The third-order valence-electron chi connectivity index (χ3n) is 1.70. The zero-order chi connectivity index (χ0) is 8.81. The Morgan fingerprint density at radius 1 is 1.33 bits per heavy atom. The van der Waals surface area contributed by atoms with Crippen LogP contribution in [0.2, 0.25) is 0 Å². The first kappa shape index (κ1) is 9.53. The van der Waals surface area contributed by atoms with Crippen LogP contribution in [0.15, 0.2) is 35.9 Å². The van der Waals surface area contributed by atoms with E-state index in [1.54, 1.807) is 0 Å². The van der Waals surface area contributed by atoms with Gasteiger partial charge in [0.05, 0.1) is 0 Å². The molecule has 12 heavy (non-hydrogen) atoms. The Labute approximate surface area is 82.4 Å². The molecule has 0 N–H and O–H groups in total. The SMILES string of the molecule is C/C(=C\c1ccccc1)CCBr. The minimum Gasteiger partial charge on any atom is -0.0925 e. The molecule has 0 unspecified atom stereocenters. The average molecular weight is 225 g/mol. The summed E-state index contributed by atoms with van der Waals surface area (Å²) in [7, 11) is 0. The van der Waals surface area contributed by atoms with Gasteiger partial charge >= 0.3 is 0 Å². The summed E-state index contributed by atoms with van der Waals surface area (Å²) in [6, 6.07) is 10.4. The summed E-state index contributed by atoms with van der Waals surface area (Å²) in [4.78, 5) is 0. The summed E-state index contributed by atoms with van der Waals surface area (Å²) in [6.07, 6.45) is 3.34. The minimum absolute atomic E-state index is 1.04. The molecule has 0 aliphatic carbocycles. The molecule has 64 valence electrons. The van der Waals surface area contributed by atoms with E-state index in [0.29, 0.717) is 0 Å². The van der Waals surface area contributed by atoms with Crippen LogP contribution < -0.4 is 0 Å². The molecule has 1 aromatic rings. The van der Waals surface area contributed by atoms with Crippen molar-refractivity contribution in [1.82, 2.24) is 0 Å². The number of rotatable bonds is 3. The Bertz CT molecular complexity index is 249. The van der Waals surface area contributed by atoms with Crippen molar-refractivity contribution in [3.8, 4) is 0 Å². The smallest absolute Gasteiger partial charge is 0.00685 e. The van der Waals surface area contributed by atoms with Gasteiger partial charge in [-0.15, -0.1) is 0 Å². The Morgan fingerprint density at radius 3 is 2.58 bits per heavy atom. The standard InChI is InChI=1S/C11H13Br/c1-10(7-8-12)9-11-5-3-2-4-6-11/h2-6,9H,7-8H2,1H3/b10-9+. The molecule has 0 saturated heterocycles. The van der Waals surface area contributed by atoms with E-state index in [9.17, 15) is 0 Å². The van der Waals surface area contributed by atoms with Gasteiger partial charge in [-0.3, -0.25) is 0 Å². The van der Waals surface area contributed by atoms with Crippen molar-refractivity contribution >= 4 is 22.0 Å². The van der Waals surface area contributed by atoms with E-state index in [-0.39, 0.29) is 0 Å². The Balaban J connectivity index is 2.67. The zero-order valence-corrected chi connectivity index (χ0v) is 8.84. The number of allylic oxidation sites excluding steroid dienone is 1. The van der Waals surface area contributed by atoms with Gasteiger partial charge in [0, 0.05) is 5.33 Å². The van der Waals surface area contributed by atoms with E-state index < -0.39 is 0 Å². The summed E-state index contributed by atoms with van der Waals surface area (Å²) < 4.78 is 0. The van der Waals surface area contributed by atoms with Gasteiger partial charge in [0.25, 0.3) is 0 Å². The maximum Gasteiger partial charge on any atom is 0.00685 e. The summed E-state index contributed by atoms with van der Waals surface area (Å²) in [5.41, 5.74) is 2.70. The van der Waals surface area contributed by atoms with Crippen molar-refractivity contribution < 1.29 is 0 Å². The van der Waals surface area contributed by atoms with E-state index in [1.807, 2.05) is 6.07 Å². The first-order chi connectivity index (χ1) is 5.83. The van der Waals surface area contributed by atoms with Crippen LogP contribution in [0.3, 0.4) is 0 Å². The lowest BCUT2D eigenvalue weighted by Gasteiger charge is -1.97. The van der Waals surface area contributed by atoms with Crippen LogP contribution in [-0.4, -0.2) is 5.33 Å². The van der Waals surface area contributed by atoms with Gasteiger partial charge in [-0.05, 0) is 18.9 Å². The molecule has 1 rings (SSSR count). The highest BCUT2D eigenvalue weighted by Gasteiger charge is 1.88. The molecule has 0 heterocycles. The van der Waals surface area contributed by atoms with Crippen LogP contribution in [0.1, 0.15) is 18.9 Å². The highest BCUT2D eigenvalue weighted by atomic mass is 79.9. The summed E-state index contributed by atoms with van der Waals surface area (Å²) in [6.45, 7) is 2.16. The maximum atomic E-state index is 3.42. The van der Waals surface area contributed by atoms with E-state index in [4.69, 9.17) is 0 Å². The van der Waals surface area contributed by atoms with Gasteiger partial charge in [0.15, 0.2) is 0 Å². The van der Waals surface area contributed by atoms with E-state index >= 15 is 0 Å². The van der Waals surface area contributed by atoms with Crippen LogP contribution in [0.4, 0.5) is 0 Å². The van der Waals surface area contributed by atoms with E-state index in [2.05, 4.69) is 53.2 Å². The lowest BCUT2D eigenvalue weighted by molar-refractivity contribution is 1.14. The Morgan fingerprint density at radius 2 is 2.00 bits per heavy atom. The third-order valence-corrected chi connectivity index (χ3v) is 2.10. The molecule has 0 aromatic heterocycles. The molecular weight excluding hydrogens is 212 g/mol. The van der Waals surface area contributed by atoms with Crippen molar-refractivity contribution in [2.45, 2.75) is 13.3 Å². The minimum atomic E-state index is 1.04. The summed E-state index contributed by atoms with van der Waals surface area (Å²) >= 11 is 3.42. The van der Waals surface area contributed by atoms with Gasteiger partial charge < -0.3 is 0 Å². The largest absolute Gasteiger partial charge is 0.0925 e. The van der Waals surface area contributed by atoms with E-state index in [1.165, 1.54) is 11.1 Å². The van der Waals surface area contributed by atoms with Crippen LogP contribution in [0.5, 0.6) is 0 Å². The zero-order valence-electron chi connectivity index (χ0n) is 7.26. The monoisotopic (exact) mass is 224 g/mol. The first-order valence-corrected chi connectivity index (χ1v) is 5.23. The molecule has 0 saturated carbocycles. The summed E-state index contributed by atoms with van der Waals surface area (Å²) in [5, 5.41) is 1.04. The molecule has 0 radical (unpaired) electrons. The number of hydrogen-bond acceptors (Lipinski definition) is 0. The molecular formula is C11H13Br. The second-order valence-corrected chi connectivity index (χ2v) is 3.63. The lowest BCUT2D eigenvalue weighted by Crippen LogP contribution is -1.78. The fourth-order valence-corrected chi connectivity index (χ4v) is 1.68. The molecule has 0 fully saturated rings. The second kappa shape index (κ2) is 5.15. The molecule has 1 aromatic carbocycles. The number of hydrogen-bond donors (Lipinski definition) is 0. The van der Waals surface area contributed by atoms with Crippen LogP contribution in [0.25, 0.3) is 6.08 Å². The van der Waals surface area contributed by atoms with Crippen LogP contribution >= 0.6 is 15.9 Å². The molecule has 0 bridgehead atoms. The maximum absolute atomic E-state index is 3.42. The molecule has 0 atom stereocenters. The number of halogens is 1. The highest BCUT2D eigenvalue weighted by Crippen LogP contribution is 2.09. The van der Waals surface area contributed by atoms with Crippen LogP contribution in [0, 0.1) is 0 Å². The Kier molecular flexibility index (Phi) is 4.09. The van der Waals surface area contributed by atoms with Crippen LogP contribution in [-0.2, 0) is 0 Å². The summed E-state index contributed by atoms with van der Waals surface area (Å²) in [5.74, 6) is 0. The van der Waals surface area contributed by atoms with Crippen molar-refractivity contribution in [2.24, 2.45) is 0 Å². The predicted octanol–water partition coefficient (Wildman–Crippen LogP) is 3.87. The van der Waals surface area contributed by atoms with Gasteiger partial charge in [0.1, 0.15) is 0 Å². The van der Waals surface area contributed by atoms with E-state index in [0.717, 1.165) is 11.8 Å². The number of alkyl halides is 1. The van der Waals surface area contributed by atoms with Crippen molar-refractivity contribution in [2.75, 3.05) is 5.33 Å². The fraction of sp³-hybridized carbons (Fsp3) is 0.273. The highest BCUT2D eigenvalue weighted by molar-refractivity contribution is 9.09. The van der Waals surface area contributed by atoms with Gasteiger partial charge in [-0.2, -0.15) is 0 Å². The lowest BCUT2D eigenvalue weighted by atomic mass is 10.1. The van der Waals surface area contributed by atoms with Crippen molar-refractivity contribution in [3.05, 3.63) is 41.5 Å².